The highest BCUT2D eigenvalue weighted by atomic mass is 15.2. The van der Waals surface area contributed by atoms with Gasteiger partial charge in [-0.1, -0.05) is 13.0 Å². The first-order valence-electron chi connectivity index (χ1n) is 7.14. The van der Waals surface area contributed by atoms with Gasteiger partial charge in [0.2, 0.25) is 0 Å². The summed E-state index contributed by atoms with van der Waals surface area (Å²) in [6.45, 7) is 7.81. The second kappa shape index (κ2) is 7.60. The highest BCUT2D eigenvalue weighted by molar-refractivity contribution is 5.41. The van der Waals surface area contributed by atoms with Crippen LogP contribution in [0.15, 0.2) is 42.7 Å². The maximum atomic E-state index is 4.49. The van der Waals surface area contributed by atoms with E-state index in [2.05, 4.69) is 46.2 Å². The number of hydrogen-bond acceptors (Lipinski definition) is 4. The molecule has 20 heavy (non-hydrogen) atoms. The van der Waals surface area contributed by atoms with E-state index in [9.17, 15) is 0 Å². The van der Waals surface area contributed by atoms with Crippen molar-refractivity contribution in [3.63, 3.8) is 0 Å². The molecular formula is C16H22N4. The molecule has 0 atom stereocenters. The number of rotatable bonds is 7. The molecule has 2 aromatic rings. The zero-order chi connectivity index (χ0) is 14.2. The maximum Gasteiger partial charge on any atom is 0.129 e. The molecular weight excluding hydrogens is 248 g/mol. The molecule has 2 aromatic heterocycles. The first kappa shape index (κ1) is 14.5. The van der Waals surface area contributed by atoms with Crippen LogP contribution in [-0.2, 0) is 13.1 Å². The molecule has 0 aliphatic carbocycles. The summed E-state index contributed by atoms with van der Waals surface area (Å²) in [6.07, 6.45) is 3.71. The average Bonchev–Trinajstić information content (AvgIpc) is 2.52. The molecule has 106 valence electrons. The molecule has 0 unspecified atom stereocenters. The Labute approximate surface area is 120 Å². The minimum absolute atomic E-state index is 0.787. The van der Waals surface area contributed by atoms with Crippen molar-refractivity contribution in [2.45, 2.75) is 26.9 Å². The van der Waals surface area contributed by atoms with Crippen LogP contribution in [0.25, 0.3) is 0 Å². The normalized spacial score (nSPS) is 10.5. The number of anilines is 1. The van der Waals surface area contributed by atoms with Crippen LogP contribution in [-0.4, -0.2) is 23.1 Å². The van der Waals surface area contributed by atoms with E-state index in [0.717, 1.165) is 37.7 Å². The monoisotopic (exact) mass is 270 g/mol. The fourth-order valence-electron chi connectivity index (χ4n) is 2.05. The van der Waals surface area contributed by atoms with Crippen molar-refractivity contribution in [1.29, 1.82) is 0 Å². The molecule has 2 heterocycles. The lowest BCUT2D eigenvalue weighted by Gasteiger charge is -2.22. The topological polar surface area (TPSA) is 41.1 Å². The lowest BCUT2D eigenvalue weighted by Crippen LogP contribution is -2.24. The van der Waals surface area contributed by atoms with Crippen LogP contribution in [0.2, 0.25) is 0 Å². The van der Waals surface area contributed by atoms with Crippen molar-refractivity contribution in [3.05, 3.63) is 54.0 Å². The fourth-order valence-corrected chi connectivity index (χ4v) is 2.05. The van der Waals surface area contributed by atoms with Crippen LogP contribution in [0.4, 0.5) is 5.82 Å². The van der Waals surface area contributed by atoms with Crippen molar-refractivity contribution in [2.75, 3.05) is 18.0 Å². The van der Waals surface area contributed by atoms with Gasteiger partial charge in [0.25, 0.3) is 0 Å². The van der Waals surface area contributed by atoms with Gasteiger partial charge < -0.3 is 10.2 Å². The quantitative estimate of drug-likeness (QED) is 0.839. The van der Waals surface area contributed by atoms with Crippen LogP contribution in [0, 0.1) is 0 Å². The smallest absolute Gasteiger partial charge is 0.129 e. The third kappa shape index (κ3) is 4.03. The van der Waals surface area contributed by atoms with E-state index >= 15 is 0 Å². The maximum absolute atomic E-state index is 4.49. The Morgan fingerprint density at radius 1 is 1.10 bits per heavy atom. The predicted molar refractivity (Wildman–Crippen MR) is 82.6 cm³/mol. The molecule has 0 saturated carbocycles. The van der Waals surface area contributed by atoms with Gasteiger partial charge in [0.15, 0.2) is 0 Å². The summed E-state index contributed by atoms with van der Waals surface area (Å²) in [5.41, 5.74) is 2.32. The molecule has 0 saturated heterocycles. The van der Waals surface area contributed by atoms with E-state index in [1.807, 2.05) is 30.6 Å². The van der Waals surface area contributed by atoms with Crippen molar-refractivity contribution in [1.82, 2.24) is 15.3 Å². The van der Waals surface area contributed by atoms with Gasteiger partial charge >= 0.3 is 0 Å². The fraction of sp³-hybridized carbons (Fsp3) is 0.375. The summed E-state index contributed by atoms with van der Waals surface area (Å²) in [6, 6.07) is 10.2. The molecule has 0 aromatic carbocycles. The predicted octanol–water partition coefficient (Wildman–Crippen LogP) is 2.61. The van der Waals surface area contributed by atoms with Gasteiger partial charge in [0.1, 0.15) is 5.82 Å². The lowest BCUT2D eigenvalue weighted by molar-refractivity contribution is 0.723. The molecule has 0 amide bonds. The van der Waals surface area contributed by atoms with Gasteiger partial charge in [-0.15, -0.1) is 0 Å². The summed E-state index contributed by atoms with van der Waals surface area (Å²) in [4.78, 5) is 11.1. The van der Waals surface area contributed by atoms with E-state index < -0.39 is 0 Å². The van der Waals surface area contributed by atoms with Gasteiger partial charge in [-0.25, -0.2) is 4.98 Å². The van der Waals surface area contributed by atoms with E-state index in [1.54, 1.807) is 0 Å². The first-order valence-corrected chi connectivity index (χ1v) is 7.14. The Bertz CT molecular complexity index is 513. The average molecular weight is 270 g/mol. The summed E-state index contributed by atoms with van der Waals surface area (Å²) in [5, 5.41) is 3.34. The van der Waals surface area contributed by atoms with E-state index in [1.165, 1.54) is 5.56 Å². The minimum Gasteiger partial charge on any atom is -0.351 e. The third-order valence-electron chi connectivity index (χ3n) is 3.17. The summed E-state index contributed by atoms with van der Waals surface area (Å²) < 4.78 is 0. The lowest BCUT2D eigenvalue weighted by atomic mass is 10.2. The molecule has 0 radical (unpaired) electrons. The molecule has 0 bridgehead atoms. The van der Waals surface area contributed by atoms with Crippen molar-refractivity contribution in [2.24, 2.45) is 0 Å². The minimum atomic E-state index is 0.787. The Balaban J connectivity index is 2.10. The van der Waals surface area contributed by atoms with Crippen molar-refractivity contribution < 1.29 is 0 Å². The van der Waals surface area contributed by atoms with Gasteiger partial charge in [-0.05, 0) is 43.3 Å². The number of aromatic nitrogens is 2. The van der Waals surface area contributed by atoms with Crippen LogP contribution < -0.4 is 10.2 Å². The molecule has 1 N–H and O–H groups in total. The molecule has 0 aliphatic rings. The Morgan fingerprint density at radius 2 is 2.00 bits per heavy atom. The molecule has 0 aliphatic heterocycles. The zero-order valence-electron chi connectivity index (χ0n) is 12.2. The first-order chi connectivity index (χ1) is 9.83. The number of nitrogens with one attached hydrogen (secondary N) is 1. The largest absolute Gasteiger partial charge is 0.351 e. The van der Waals surface area contributed by atoms with Gasteiger partial charge in [-0.3, -0.25) is 4.98 Å². The SMILES string of the molecule is CCNCc1ccnc(N(CC)Cc2ccccn2)c1. The third-order valence-corrected chi connectivity index (χ3v) is 3.17. The molecule has 0 spiro atoms. The van der Waals surface area contributed by atoms with Crippen LogP contribution in [0.5, 0.6) is 0 Å². The zero-order valence-corrected chi connectivity index (χ0v) is 12.2. The number of nitrogens with zero attached hydrogens (tertiary/aromatic N) is 3. The van der Waals surface area contributed by atoms with Crippen LogP contribution in [0.3, 0.4) is 0 Å². The molecule has 4 heteroatoms. The second-order valence-electron chi connectivity index (χ2n) is 4.64. The second-order valence-corrected chi connectivity index (χ2v) is 4.64. The Kier molecular flexibility index (Phi) is 5.50. The molecule has 4 nitrogen and oxygen atoms in total. The van der Waals surface area contributed by atoms with Crippen LogP contribution in [0.1, 0.15) is 25.1 Å². The Morgan fingerprint density at radius 3 is 2.70 bits per heavy atom. The van der Waals surface area contributed by atoms with Crippen molar-refractivity contribution >= 4 is 5.82 Å². The van der Waals surface area contributed by atoms with Crippen LogP contribution >= 0.6 is 0 Å². The van der Waals surface area contributed by atoms with Gasteiger partial charge in [0, 0.05) is 25.5 Å². The highest BCUT2D eigenvalue weighted by Gasteiger charge is 2.08. The summed E-state index contributed by atoms with van der Waals surface area (Å²) >= 11 is 0. The van der Waals surface area contributed by atoms with E-state index in [4.69, 9.17) is 0 Å². The Hall–Kier alpha value is -1.94. The van der Waals surface area contributed by atoms with Gasteiger partial charge in [0.05, 0.1) is 12.2 Å². The standard InChI is InChI=1S/C16H22N4/c1-3-17-12-14-8-10-19-16(11-14)20(4-2)13-15-7-5-6-9-18-15/h5-11,17H,3-4,12-13H2,1-2H3. The number of hydrogen-bond donors (Lipinski definition) is 1. The summed E-state index contributed by atoms with van der Waals surface area (Å²) in [7, 11) is 0. The molecule has 2 rings (SSSR count). The van der Waals surface area contributed by atoms with E-state index in [-0.39, 0.29) is 0 Å². The summed E-state index contributed by atoms with van der Waals surface area (Å²) in [5.74, 6) is 1.01. The van der Waals surface area contributed by atoms with E-state index in [0.29, 0.717) is 0 Å². The van der Waals surface area contributed by atoms with Gasteiger partial charge in [-0.2, -0.15) is 0 Å². The molecule has 0 fully saturated rings. The van der Waals surface area contributed by atoms with Crippen molar-refractivity contribution in [3.8, 4) is 0 Å². The highest BCUT2D eigenvalue weighted by Crippen LogP contribution is 2.15. The number of pyridine rings is 2.